The van der Waals surface area contributed by atoms with Gasteiger partial charge < -0.3 is 8.59 Å². The van der Waals surface area contributed by atoms with Crippen LogP contribution in [0.15, 0.2) is 80.7 Å². The quantitative estimate of drug-likeness (QED) is 0.204. The van der Waals surface area contributed by atoms with Gasteiger partial charge in [0.1, 0.15) is 16.7 Å². The first kappa shape index (κ1) is 41.0. The average molecular weight is 651 g/mol. The molecule has 232 valence electrons. The molecule has 0 saturated carbocycles. The molecule has 2 heterocycles. The third-order valence-corrected chi connectivity index (χ3v) is 6.79. The summed E-state index contributed by atoms with van der Waals surface area (Å²) in [5.74, 6) is 1.73. The molecule has 1 N–H and O–H groups in total. The number of rotatable bonds is 7. The van der Waals surface area contributed by atoms with E-state index in [1.54, 1.807) is 7.11 Å². The van der Waals surface area contributed by atoms with Gasteiger partial charge in [-0.2, -0.15) is 5.48 Å². The molecule has 1 aliphatic heterocycles. The minimum atomic E-state index is 0.333. The highest BCUT2D eigenvalue weighted by atomic mass is 79.9. The van der Waals surface area contributed by atoms with Crippen molar-refractivity contribution in [2.45, 2.75) is 101 Å². The first-order chi connectivity index (χ1) is 19.8. The lowest BCUT2D eigenvalue weighted by molar-refractivity contribution is 0.380. The van der Waals surface area contributed by atoms with Crippen LogP contribution in [0.25, 0.3) is 16.4 Å². The number of allylic oxidation sites excluding steroid dienone is 5. The van der Waals surface area contributed by atoms with E-state index in [-0.39, 0.29) is 0 Å². The number of hydroxylamine groups is 1. The third-order valence-electron chi connectivity index (χ3n) is 5.39. The van der Waals surface area contributed by atoms with E-state index in [0.29, 0.717) is 6.23 Å². The predicted molar refractivity (Wildman–Crippen MR) is 188 cm³/mol. The van der Waals surface area contributed by atoms with Gasteiger partial charge in [0.15, 0.2) is 5.58 Å². The Kier molecular flexibility index (Phi) is 28.0. The Morgan fingerprint density at radius 2 is 1.61 bits per heavy atom. The number of fused-ring (bicyclic) bond motifs is 1. The van der Waals surface area contributed by atoms with Crippen LogP contribution in [0, 0.1) is 5.92 Å². The first-order valence-electron chi connectivity index (χ1n) is 14.9. The average Bonchev–Trinajstić information content (AvgIpc) is 3.76. The van der Waals surface area contributed by atoms with Gasteiger partial charge in [-0.25, -0.2) is 0 Å². The minimum Gasteiger partial charge on any atom is -0.496 e. The van der Waals surface area contributed by atoms with Gasteiger partial charge in [0.05, 0.1) is 11.6 Å². The molecule has 41 heavy (non-hydrogen) atoms. The maximum absolute atomic E-state index is 5.11. The van der Waals surface area contributed by atoms with Gasteiger partial charge >= 0.3 is 0 Å². The topological polar surface area (TPSA) is 56.8 Å². The number of benzene rings is 2. The Morgan fingerprint density at radius 3 is 1.93 bits per heavy atom. The van der Waals surface area contributed by atoms with E-state index in [4.69, 9.17) is 8.59 Å². The van der Waals surface area contributed by atoms with Crippen molar-refractivity contribution >= 4 is 43.9 Å². The Labute approximate surface area is 264 Å². The van der Waals surface area contributed by atoms with Crippen LogP contribution in [0.4, 0.5) is 0 Å². The van der Waals surface area contributed by atoms with Gasteiger partial charge in [0.25, 0.3) is 0 Å². The van der Waals surface area contributed by atoms with Gasteiger partial charge in [-0.15, -0.1) is 0 Å². The van der Waals surface area contributed by atoms with Crippen molar-refractivity contribution in [3.8, 4) is 5.75 Å². The smallest absolute Gasteiger partial charge is 0.164 e. The van der Waals surface area contributed by atoms with Gasteiger partial charge in [0, 0.05) is 11.6 Å². The number of ether oxygens (including phenoxy) is 1. The predicted octanol–water partition coefficient (Wildman–Crippen LogP) is 12.6. The monoisotopic (exact) mass is 649 g/mol. The van der Waals surface area contributed by atoms with Gasteiger partial charge in [-0.3, -0.25) is 4.84 Å². The minimum absolute atomic E-state index is 0.333. The van der Waals surface area contributed by atoms with Crippen molar-refractivity contribution in [1.29, 1.82) is 0 Å². The van der Waals surface area contributed by atoms with Crippen LogP contribution in [0.1, 0.15) is 100 Å². The maximum atomic E-state index is 5.11. The second-order valence-corrected chi connectivity index (χ2v) is 10.5. The van der Waals surface area contributed by atoms with Crippen LogP contribution in [0.2, 0.25) is 0 Å². The highest BCUT2D eigenvalue weighted by molar-refractivity contribution is 9.10. The molecule has 6 heteroatoms. The number of hydrogen-bond donors (Lipinski definition) is 1. The van der Waals surface area contributed by atoms with Crippen LogP contribution in [-0.2, 0) is 4.84 Å². The molecule has 0 bridgehead atoms. The van der Waals surface area contributed by atoms with E-state index in [2.05, 4.69) is 86.0 Å². The molecule has 0 radical (unpaired) electrons. The lowest BCUT2D eigenvalue weighted by Crippen LogP contribution is -1.97. The van der Waals surface area contributed by atoms with E-state index in [0.717, 1.165) is 21.7 Å². The normalized spacial score (nSPS) is 13.5. The highest BCUT2D eigenvalue weighted by Gasteiger charge is 2.11. The van der Waals surface area contributed by atoms with Crippen molar-refractivity contribution in [3.05, 3.63) is 82.4 Å². The second kappa shape index (κ2) is 28.0. The SMILES string of the molecule is C/C=C\C(=C/C)CC(CC)CC.C/C=C\c1ccc(OC)c(Br)c1.CC.CC1NO1.CCC.c1ccc2soc2c1. The van der Waals surface area contributed by atoms with Gasteiger partial charge in [-0.05, 0) is 85.8 Å². The zero-order valence-electron chi connectivity index (χ0n) is 27.4. The number of methoxy groups -OCH3 is 1. The molecule has 1 fully saturated rings. The summed E-state index contributed by atoms with van der Waals surface area (Å²) in [6.45, 7) is 20.9. The Bertz CT molecular complexity index is 1050. The van der Waals surface area contributed by atoms with Crippen LogP contribution in [0.5, 0.6) is 5.75 Å². The molecule has 1 aromatic heterocycles. The summed E-state index contributed by atoms with van der Waals surface area (Å²) in [5.41, 5.74) is 6.26. The molecule has 3 aromatic rings. The van der Waals surface area contributed by atoms with Crippen molar-refractivity contribution in [1.82, 2.24) is 5.48 Å². The molecule has 0 aliphatic carbocycles. The molecule has 0 amide bonds. The van der Waals surface area contributed by atoms with Crippen LogP contribution < -0.4 is 10.2 Å². The van der Waals surface area contributed by atoms with Crippen LogP contribution >= 0.6 is 27.6 Å². The lowest BCUT2D eigenvalue weighted by Gasteiger charge is -2.12. The van der Waals surface area contributed by atoms with Crippen molar-refractivity contribution in [2.24, 2.45) is 5.92 Å². The molecule has 1 aliphatic rings. The Morgan fingerprint density at radius 1 is 1.02 bits per heavy atom. The fraction of sp³-hybridized carbons (Fsp3) is 0.486. The summed E-state index contributed by atoms with van der Waals surface area (Å²) in [6.07, 6.45) is 16.0. The first-order valence-corrected chi connectivity index (χ1v) is 16.5. The van der Waals surface area contributed by atoms with E-state index in [9.17, 15) is 0 Å². The lowest BCUT2D eigenvalue weighted by atomic mass is 9.94. The van der Waals surface area contributed by atoms with Crippen molar-refractivity contribution < 1.29 is 13.4 Å². The Balaban J connectivity index is 0. The summed E-state index contributed by atoms with van der Waals surface area (Å²) in [5, 5.41) is 0. The fourth-order valence-corrected chi connectivity index (χ4v) is 4.19. The second-order valence-electron chi connectivity index (χ2n) is 8.84. The molecule has 1 atom stereocenters. The van der Waals surface area contributed by atoms with Crippen LogP contribution in [-0.4, -0.2) is 13.3 Å². The molecular weight excluding hydrogens is 594 g/mol. The van der Waals surface area contributed by atoms with E-state index < -0.39 is 0 Å². The molecule has 1 saturated heterocycles. The zero-order valence-corrected chi connectivity index (χ0v) is 29.8. The largest absolute Gasteiger partial charge is 0.496 e. The summed E-state index contributed by atoms with van der Waals surface area (Å²) < 4.78 is 12.3. The van der Waals surface area contributed by atoms with E-state index in [1.165, 1.54) is 53.2 Å². The zero-order chi connectivity index (χ0) is 31.5. The Hall–Kier alpha value is -2.12. The summed E-state index contributed by atoms with van der Waals surface area (Å²) in [7, 11) is 1.66. The van der Waals surface area contributed by atoms with E-state index >= 15 is 0 Å². The summed E-state index contributed by atoms with van der Waals surface area (Å²) >= 11 is 4.85. The molecular formula is C35H56BrNO3S. The number of halogens is 1. The van der Waals surface area contributed by atoms with Gasteiger partial charge in [-0.1, -0.05) is 115 Å². The van der Waals surface area contributed by atoms with Crippen molar-refractivity contribution in [2.75, 3.05) is 7.11 Å². The maximum Gasteiger partial charge on any atom is 0.164 e. The highest BCUT2D eigenvalue weighted by Crippen LogP contribution is 2.26. The van der Waals surface area contributed by atoms with Crippen LogP contribution in [0.3, 0.4) is 0 Å². The number of para-hydroxylation sites is 1. The number of nitrogens with one attached hydrogen (secondary N) is 1. The van der Waals surface area contributed by atoms with E-state index in [1.807, 2.05) is 82.3 Å². The molecule has 4 nitrogen and oxygen atoms in total. The molecule has 2 aromatic carbocycles. The molecule has 1 unspecified atom stereocenters. The summed E-state index contributed by atoms with van der Waals surface area (Å²) in [6, 6.07) is 14.0. The summed E-state index contributed by atoms with van der Waals surface area (Å²) in [4.78, 5) is 4.46. The third kappa shape index (κ3) is 21.3. The fourth-order valence-electron chi connectivity index (χ4n) is 3.10. The molecule has 4 rings (SSSR count). The molecule has 0 spiro atoms. The van der Waals surface area contributed by atoms with Crippen molar-refractivity contribution in [3.63, 3.8) is 0 Å². The van der Waals surface area contributed by atoms with Gasteiger partial charge in [0.2, 0.25) is 0 Å². The number of hydrogen-bond acceptors (Lipinski definition) is 5. The standard InChI is InChI=1S/C12H22.C10H11BrO.C6H4OS.C3H8.C2H5NO.C2H6/c1-5-9-12(8-4)10-11(6-2)7-3;1-3-4-8-5-6-10(12-2)9(11)7-8;1-2-4-6-5(3-1)7-8-6;1-3-2;1-2-3-4-2;1-2/h5,8-9,11H,6-7,10H2,1-4H3;3-7H,1-2H3;1-4H;3H2,1-2H3;2-3H,1H3;1-2H3/b9-5-,12-8+;4-3-;;;;.